The lowest BCUT2D eigenvalue weighted by molar-refractivity contribution is -0.668. The number of rotatable bonds is 9. The first kappa shape index (κ1) is 32.8. The number of hydrogen-bond acceptors (Lipinski definition) is 5. The second-order valence-corrected chi connectivity index (χ2v) is 11.2. The summed E-state index contributed by atoms with van der Waals surface area (Å²) < 4.78 is 3.63. The van der Waals surface area contributed by atoms with Gasteiger partial charge in [-0.15, -0.1) is 0 Å². The molecule has 0 radical (unpaired) electrons. The second kappa shape index (κ2) is 16.7. The van der Waals surface area contributed by atoms with Crippen LogP contribution in [0, 0.1) is 10.1 Å². The molecule has 42 heavy (non-hydrogen) atoms. The van der Waals surface area contributed by atoms with Gasteiger partial charge < -0.3 is 4.90 Å². The highest BCUT2D eigenvalue weighted by Crippen LogP contribution is 2.45. The van der Waals surface area contributed by atoms with Crippen molar-refractivity contribution < 1.29 is 9.49 Å². The van der Waals surface area contributed by atoms with Crippen LogP contribution in [0.15, 0.2) is 101 Å². The van der Waals surface area contributed by atoms with E-state index in [2.05, 4.69) is 96.1 Å². The first-order valence-corrected chi connectivity index (χ1v) is 16.5. The lowest BCUT2D eigenvalue weighted by Crippen LogP contribution is -2.34. The van der Waals surface area contributed by atoms with Crippen molar-refractivity contribution in [3.63, 3.8) is 0 Å². The summed E-state index contributed by atoms with van der Waals surface area (Å²) in [6, 6.07) is 23.8. The van der Waals surface area contributed by atoms with Gasteiger partial charge in [0.1, 0.15) is 11.2 Å². The van der Waals surface area contributed by atoms with Crippen LogP contribution in [0.5, 0.6) is 0 Å². The van der Waals surface area contributed by atoms with E-state index in [9.17, 15) is 10.1 Å². The van der Waals surface area contributed by atoms with E-state index in [-0.39, 0.29) is 10.6 Å². The summed E-state index contributed by atoms with van der Waals surface area (Å²) in [5.41, 5.74) is 4.53. The van der Waals surface area contributed by atoms with E-state index < -0.39 is 0 Å². The van der Waals surface area contributed by atoms with Crippen LogP contribution in [0.4, 0.5) is 11.4 Å². The lowest BCUT2D eigenvalue weighted by Gasteiger charge is -2.19. The lowest BCUT2D eigenvalue weighted by atomic mass is 10.0. The van der Waals surface area contributed by atoms with E-state index in [4.69, 9.17) is 0 Å². The molecule has 7 heteroatoms. The molecule has 0 fully saturated rings. The predicted octanol–water partition coefficient (Wildman–Crippen LogP) is 10.5. The topological polar surface area (TPSA) is 50.3 Å². The van der Waals surface area contributed by atoms with E-state index in [1.165, 1.54) is 30.8 Å². The Labute approximate surface area is 259 Å². The predicted molar refractivity (Wildman–Crippen MR) is 183 cm³/mol. The molecule has 0 aliphatic carbocycles. The Morgan fingerprint density at radius 3 is 2.31 bits per heavy atom. The standard InChI is InChI=1S/C31H30N3O2S2.2C2H6/c1-3-21-32-26-9-5-7-11-28(26)37-30(32)19-15-24(23-13-17-25(18-14-23)34(35)36)16-20-31-33(22-4-2)27-10-6-8-12-29(27)38-31;2*1-2/h5-20H,3-4,21-22H2,1-2H3;2*1-2H3/q+1;;. The summed E-state index contributed by atoms with van der Waals surface area (Å²) in [5, 5.41) is 13.6. The number of nitro groups is 1. The van der Waals surface area contributed by atoms with Gasteiger partial charge in [-0.05, 0) is 60.0 Å². The molecule has 3 aromatic carbocycles. The molecule has 5 rings (SSSR count). The van der Waals surface area contributed by atoms with E-state index in [0.717, 1.165) is 37.1 Å². The van der Waals surface area contributed by atoms with Crippen molar-refractivity contribution in [1.29, 1.82) is 0 Å². The number of aromatic nitrogens is 1. The summed E-state index contributed by atoms with van der Waals surface area (Å²) in [7, 11) is 0. The molecule has 0 spiro atoms. The third-order valence-electron chi connectivity index (χ3n) is 6.39. The maximum absolute atomic E-state index is 11.2. The molecule has 1 aliphatic heterocycles. The van der Waals surface area contributed by atoms with Crippen LogP contribution in [0.1, 0.15) is 65.0 Å². The maximum Gasteiger partial charge on any atom is 0.269 e. The van der Waals surface area contributed by atoms with Gasteiger partial charge in [-0.3, -0.25) is 10.1 Å². The largest absolute Gasteiger partial charge is 0.335 e. The van der Waals surface area contributed by atoms with Crippen LogP contribution in [-0.2, 0) is 6.54 Å². The third-order valence-corrected chi connectivity index (χ3v) is 8.65. The first-order chi connectivity index (χ1) is 20.6. The van der Waals surface area contributed by atoms with Gasteiger partial charge in [-0.1, -0.05) is 95.0 Å². The Morgan fingerprint density at radius 2 is 1.62 bits per heavy atom. The quantitative estimate of drug-likeness (QED) is 0.0830. The average molecular weight is 601 g/mol. The number of para-hydroxylation sites is 2. The van der Waals surface area contributed by atoms with Crippen LogP contribution in [0.2, 0.25) is 0 Å². The molecule has 0 atom stereocenters. The van der Waals surface area contributed by atoms with E-state index >= 15 is 0 Å². The number of thiazole rings is 1. The molecule has 1 aliphatic rings. The van der Waals surface area contributed by atoms with Crippen molar-refractivity contribution in [2.45, 2.75) is 65.8 Å². The van der Waals surface area contributed by atoms with Crippen LogP contribution in [0.25, 0.3) is 21.9 Å². The minimum atomic E-state index is -0.356. The number of thioether (sulfide) groups is 1. The highest BCUT2D eigenvalue weighted by atomic mass is 32.2. The maximum atomic E-state index is 11.2. The number of allylic oxidation sites excluding steroid dienone is 4. The SMILES string of the molecule is CC.CC.CCCN1/C(=C/C=C(/C=C/c2sc3ccccc3[n+]2CCC)c2ccc([N+](=O)[O-])cc2)Sc2ccccc21. The Hall–Kier alpha value is -3.68. The van der Waals surface area contributed by atoms with Crippen LogP contribution >= 0.6 is 23.1 Å². The number of fused-ring (bicyclic) bond motifs is 2. The van der Waals surface area contributed by atoms with Gasteiger partial charge in [-0.25, -0.2) is 0 Å². The molecule has 0 unspecified atom stereocenters. The van der Waals surface area contributed by atoms with Gasteiger partial charge in [-0.2, -0.15) is 4.57 Å². The highest BCUT2D eigenvalue weighted by Gasteiger charge is 2.23. The Kier molecular flexibility index (Phi) is 13.0. The van der Waals surface area contributed by atoms with E-state index in [0.29, 0.717) is 0 Å². The minimum absolute atomic E-state index is 0.0941. The van der Waals surface area contributed by atoms with Gasteiger partial charge in [0, 0.05) is 42.1 Å². The molecule has 0 amide bonds. The number of non-ortho nitro benzene ring substituents is 1. The molecule has 5 nitrogen and oxygen atoms in total. The molecule has 1 aromatic heterocycles. The summed E-state index contributed by atoms with van der Waals surface area (Å²) in [4.78, 5) is 14.5. The summed E-state index contributed by atoms with van der Waals surface area (Å²) >= 11 is 3.56. The van der Waals surface area contributed by atoms with Gasteiger partial charge >= 0.3 is 0 Å². The molecule has 0 bridgehead atoms. The van der Waals surface area contributed by atoms with Gasteiger partial charge in [0.25, 0.3) is 10.7 Å². The number of benzene rings is 3. The number of nitrogens with zero attached hydrogens (tertiary/aromatic N) is 3. The van der Waals surface area contributed by atoms with Crippen molar-refractivity contribution in [2.24, 2.45) is 0 Å². The van der Waals surface area contributed by atoms with Crippen molar-refractivity contribution in [3.8, 4) is 0 Å². The zero-order valence-corrected chi connectivity index (χ0v) is 27.2. The molecular weight excluding hydrogens is 559 g/mol. The fourth-order valence-electron chi connectivity index (χ4n) is 4.61. The fourth-order valence-corrected chi connectivity index (χ4v) is 6.79. The summed E-state index contributed by atoms with van der Waals surface area (Å²) in [6.45, 7) is 14.3. The van der Waals surface area contributed by atoms with Crippen molar-refractivity contribution in [3.05, 3.63) is 117 Å². The normalized spacial score (nSPS) is 13.5. The minimum Gasteiger partial charge on any atom is -0.335 e. The summed E-state index contributed by atoms with van der Waals surface area (Å²) in [6.07, 6.45) is 10.7. The molecule has 4 aromatic rings. The van der Waals surface area contributed by atoms with Crippen molar-refractivity contribution in [1.82, 2.24) is 0 Å². The van der Waals surface area contributed by atoms with E-state index in [1.807, 2.05) is 39.8 Å². The average Bonchev–Trinajstić information content (AvgIpc) is 3.57. The number of nitro benzene ring substituents is 1. The fraction of sp³-hybridized carbons (Fsp3) is 0.286. The third kappa shape index (κ3) is 7.78. The Bertz CT molecular complexity index is 1550. The molecule has 0 N–H and O–H groups in total. The van der Waals surface area contributed by atoms with Crippen LogP contribution in [-0.4, -0.2) is 11.5 Å². The van der Waals surface area contributed by atoms with Crippen LogP contribution < -0.4 is 9.47 Å². The molecule has 0 saturated heterocycles. The molecular formula is C35H42N3O2S2+. The monoisotopic (exact) mass is 600 g/mol. The van der Waals surface area contributed by atoms with Gasteiger partial charge in [0.15, 0.2) is 0 Å². The molecule has 0 saturated carbocycles. The smallest absolute Gasteiger partial charge is 0.269 e. The van der Waals surface area contributed by atoms with Gasteiger partial charge in [0.2, 0.25) is 5.52 Å². The Morgan fingerprint density at radius 1 is 0.929 bits per heavy atom. The Balaban J connectivity index is 0.00000116. The van der Waals surface area contributed by atoms with Gasteiger partial charge in [0.05, 0.1) is 15.6 Å². The number of aryl methyl sites for hydroxylation is 1. The van der Waals surface area contributed by atoms with E-state index in [1.54, 1.807) is 35.2 Å². The van der Waals surface area contributed by atoms with Crippen molar-refractivity contribution in [2.75, 3.05) is 11.4 Å². The molecule has 220 valence electrons. The first-order valence-electron chi connectivity index (χ1n) is 14.9. The molecule has 2 heterocycles. The summed E-state index contributed by atoms with van der Waals surface area (Å²) in [5.74, 6) is 0. The zero-order chi connectivity index (χ0) is 30.5. The van der Waals surface area contributed by atoms with Crippen LogP contribution in [0.3, 0.4) is 0 Å². The second-order valence-electron chi connectivity index (χ2n) is 9.05. The number of hydrogen-bond donors (Lipinski definition) is 0. The zero-order valence-electron chi connectivity index (χ0n) is 25.5. The van der Waals surface area contributed by atoms with Crippen molar-refractivity contribution >= 4 is 56.3 Å². The highest BCUT2D eigenvalue weighted by molar-refractivity contribution is 8.03. The number of anilines is 1.